The second-order valence-corrected chi connectivity index (χ2v) is 24.2. The zero-order valence-electron chi connectivity index (χ0n) is 50.6. The van der Waals surface area contributed by atoms with Crippen LogP contribution >= 0.6 is 0 Å². The van der Waals surface area contributed by atoms with E-state index in [9.17, 15) is 25.2 Å². The van der Waals surface area contributed by atoms with E-state index in [0.29, 0.717) is 12.8 Å². The number of carbonyl (C=O) groups is 1. The van der Waals surface area contributed by atoms with Crippen molar-refractivity contribution in [2.75, 3.05) is 6.61 Å². The van der Waals surface area contributed by atoms with Gasteiger partial charge < -0.3 is 25.7 Å². The third-order valence-corrected chi connectivity index (χ3v) is 16.8. The van der Waals surface area contributed by atoms with Crippen LogP contribution in [0.3, 0.4) is 0 Å². The molecule has 6 nitrogen and oxygen atoms in total. The minimum Gasteiger partial charge on any atom is -0.394 e. The van der Waals surface area contributed by atoms with Gasteiger partial charge in [-0.25, -0.2) is 0 Å². The van der Waals surface area contributed by atoms with Crippen LogP contribution in [0.1, 0.15) is 399 Å². The van der Waals surface area contributed by atoms with Crippen LogP contribution in [0.2, 0.25) is 0 Å². The van der Waals surface area contributed by atoms with Gasteiger partial charge in [-0.05, 0) is 12.8 Å². The summed E-state index contributed by atoms with van der Waals surface area (Å²) in [5.41, 5.74) is 0. The molecule has 0 aromatic rings. The molecule has 0 fully saturated rings. The molecule has 0 aliphatic heterocycles. The molecule has 74 heavy (non-hydrogen) atoms. The topological polar surface area (TPSA) is 110 Å². The molecule has 6 heteroatoms. The molecule has 1 amide bonds. The van der Waals surface area contributed by atoms with E-state index in [1.54, 1.807) is 0 Å². The molecule has 0 aromatic carbocycles. The molecular weight excluding hydrogens is 911 g/mol. The first-order valence-corrected chi connectivity index (χ1v) is 34.4. The van der Waals surface area contributed by atoms with Gasteiger partial charge in [0.05, 0.1) is 18.8 Å². The Morgan fingerprint density at radius 3 is 0.649 bits per heavy atom. The molecule has 0 aliphatic rings. The molecule has 4 unspecified atom stereocenters. The Kier molecular flexibility index (Phi) is 62.6. The Morgan fingerprint density at radius 2 is 0.459 bits per heavy atom. The number of aliphatic hydroxyl groups excluding tert-OH is 4. The van der Waals surface area contributed by atoms with Crippen molar-refractivity contribution in [2.45, 2.75) is 423 Å². The average Bonchev–Trinajstić information content (AvgIpc) is 3.41. The third-order valence-electron chi connectivity index (χ3n) is 16.8. The van der Waals surface area contributed by atoms with E-state index in [1.165, 1.54) is 334 Å². The molecule has 4 atom stereocenters. The van der Waals surface area contributed by atoms with Gasteiger partial charge in [-0.2, -0.15) is 0 Å². The number of hydrogen-bond donors (Lipinski definition) is 5. The van der Waals surface area contributed by atoms with E-state index in [-0.39, 0.29) is 0 Å². The maximum absolute atomic E-state index is 12.7. The van der Waals surface area contributed by atoms with E-state index in [1.807, 2.05) is 0 Å². The standard InChI is InChI=1S/C68H137NO5/c1-3-5-7-9-11-13-15-17-19-21-23-25-27-29-31-33-34-36-38-40-42-44-46-48-50-52-54-56-58-60-62-66(72)68(74)69-64(63-70)67(73)65(71)61-59-57-55-53-51-49-47-45-43-41-39-37-35-32-30-28-26-24-22-20-18-16-14-12-10-8-6-4-2/h64-67,70-73H,3-63H2,1-2H3,(H,69,74). The lowest BCUT2D eigenvalue weighted by Gasteiger charge is -2.27. The van der Waals surface area contributed by atoms with E-state index in [2.05, 4.69) is 19.2 Å². The lowest BCUT2D eigenvalue weighted by molar-refractivity contribution is -0.132. The Bertz CT molecular complexity index is 1040. The summed E-state index contributed by atoms with van der Waals surface area (Å²) < 4.78 is 0. The maximum atomic E-state index is 12.7. The summed E-state index contributed by atoms with van der Waals surface area (Å²) in [6, 6.07) is -0.982. The van der Waals surface area contributed by atoms with Crippen LogP contribution in [0.5, 0.6) is 0 Å². The van der Waals surface area contributed by atoms with Crippen molar-refractivity contribution in [1.29, 1.82) is 0 Å². The number of rotatable bonds is 65. The highest BCUT2D eigenvalue weighted by Gasteiger charge is 2.28. The Hall–Kier alpha value is -0.690. The van der Waals surface area contributed by atoms with Crippen LogP contribution < -0.4 is 5.32 Å². The Labute approximate surface area is 464 Å². The van der Waals surface area contributed by atoms with E-state index in [4.69, 9.17) is 0 Å². The second kappa shape index (κ2) is 63.1. The molecule has 0 saturated heterocycles. The van der Waals surface area contributed by atoms with Crippen molar-refractivity contribution in [2.24, 2.45) is 0 Å². The maximum Gasteiger partial charge on any atom is 0.249 e. The smallest absolute Gasteiger partial charge is 0.249 e. The minimum atomic E-state index is -1.26. The first-order chi connectivity index (χ1) is 36.5. The number of carbonyl (C=O) groups excluding carboxylic acids is 1. The molecule has 0 aliphatic carbocycles. The second-order valence-electron chi connectivity index (χ2n) is 24.2. The van der Waals surface area contributed by atoms with Crippen LogP contribution in [0.4, 0.5) is 0 Å². The summed E-state index contributed by atoms with van der Waals surface area (Å²) in [5.74, 6) is -0.573. The van der Waals surface area contributed by atoms with Crippen molar-refractivity contribution in [1.82, 2.24) is 5.32 Å². The highest BCUT2D eigenvalue weighted by molar-refractivity contribution is 5.80. The summed E-state index contributed by atoms with van der Waals surface area (Å²) in [7, 11) is 0. The van der Waals surface area contributed by atoms with E-state index < -0.39 is 36.9 Å². The molecule has 0 saturated carbocycles. The summed E-state index contributed by atoms with van der Waals surface area (Å²) >= 11 is 0. The molecule has 0 aromatic heterocycles. The van der Waals surface area contributed by atoms with Crippen molar-refractivity contribution < 1.29 is 25.2 Å². The molecular formula is C68H137NO5. The summed E-state index contributed by atoms with van der Waals surface area (Å²) in [5, 5.41) is 44.2. The number of aliphatic hydroxyl groups is 4. The highest BCUT2D eigenvalue weighted by Crippen LogP contribution is 2.20. The van der Waals surface area contributed by atoms with Gasteiger partial charge in [-0.1, -0.05) is 386 Å². The number of amides is 1. The summed E-state index contributed by atoms with van der Waals surface area (Å²) in [6.07, 6.45) is 76.5. The average molecular weight is 1050 g/mol. The molecule has 0 heterocycles. The molecule has 0 radical (unpaired) electrons. The third kappa shape index (κ3) is 56.0. The van der Waals surface area contributed by atoms with Crippen molar-refractivity contribution in [3.05, 3.63) is 0 Å². The Morgan fingerprint density at radius 1 is 0.284 bits per heavy atom. The Balaban J connectivity index is 3.51. The lowest BCUT2D eigenvalue weighted by atomic mass is 9.99. The SMILES string of the molecule is CCCCCCCCCCCCCCCCCCCCCCCCCCCCCCCCC(O)C(=O)NC(CO)C(O)C(O)CCCCCCCCCCCCCCCCCCCCCCCCCCCCCC. The van der Waals surface area contributed by atoms with E-state index >= 15 is 0 Å². The lowest BCUT2D eigenvalue weighted by Crippen LogP contribution is -2.53. The van der Waals surface area contributed by atoms with Gasteiger partial charge >= 0.3 is 0 Å². The molecule has 0 bridgehead atoms. The van der Waals surface area contributed by atoms with Crippen LogP contribution in [-0.4, -0.2) is 57.3 Å². The van der Waals surface area contributed by atoms with Crippen molar-refractivity contribution in [3.63, 3.8) is 0 Å². The molecule has 0 spiro atoms. The van der Waals surface area contributed by atoms with Gasteiger partial charge in [0, 0.05) is 0 Å². The predicted octanol–water partition coefficient (Wildman–Crippen LogP) is 21.0. The van der Waals surface area contributed by atoms with Gasteiger partial charge in [0.1, 0.15) is 12.2 Å². The fourth-order valence-electron chi connectivity index (χ4n) is 11.5. The minimum absolute atomic E-state index is 0.377. The monoisotopic (exact) mass is 1050 g/mol. The van der Waals surface area contributed by atoms with Gasteiger partial charge in [-0.15, -0.1) is 0 Å². The zero-order chi connectivity index (χ0) is 53.7. The number of hydrogen-bond acceptors (Lipinski definition) is 5. The number of unbranched alkanes of at least 4 members (excludes halogenated alkanes) is 56. The molecule has 444 valence electrons. The zero-order valence-corrected chi connectivity index (χ0v) is 50.6. The first-order valence-electron chi connectivity index (χ1n) is 34.4. The van der Waals surface area contributed by atoms with Gasteiger partial charge in [0.25, 0.3) is 0 Å². The number of nitrogens with one attached hydrogen (secondary N) is 1. The van der Waals surface area contributed by atoms with Crippen molar-refractivity contribution >= 4 is 5.91 Å². The van der Waals surface area contributed by atoms with Crippen molar-refractivity contribution in [3.8, 4) is 0 Å². The first kappa shape index (κ1) is 73.3. The highest BCUT2D eigenvalue weighted by atomic mass is 16.3. The quantitative estimate of drug-likeness (QED) is 0.0390. The fraction of sp³-hybridized carbons (Fsp3) is 0.985. The van der Waals surface area contributed by atoms with E-state index in [0.717, 1.165) is 38.5 Å². The van der Waals surface area contributed by atoms with Crippen LogP contribution in [-0.2, 0) is 4.79 Å². The molecule has 0 rings (SSSR count). The molecule has 5 N–H and O–H groups in total. The van der Waals surface area contributed by atoms with Crippen LogP contribution in [0.15, 0.2) is 0 Å². The summed E-state index contributed by atoms with van der Waals surface area (Å²) in [4.78, 5) is 12.7. The van der Waals surface area contributed by atoms with Crippen LogP contribution in [0.25, 0.3) is 0 Å². The normalized spacial score (nSPS) is 13.4. The summed E-state index contributed by atoms with van der Waals surface area (Å²) in [6.45, 7) is 4.12. The van der Waals surface area contributed by atoms with Crippen LogP contribution in [0, 0.1) is 0 Å². The van der Waals surface area contributed by atoms with Gasteiger partial charge in [0.2, 0.25) is 5.91 Å². The predicted molar refractivity (Wildman–Crippen MR) is 325 cm³/mol. The fourth-order valence-corrected chi connectivity index (χ4v) is 11.5. The van der Waals surface area contributed by atoms with Gasteiger partial charge in [-0.3, -0.25) is 4.79 Å². The van der Waals surface area contributed by atoms with Gasteiger partial charge in [0.15, 0.2) is 0 Å². The largest absolute Gasteiger partial charge is 0.394 e.